The third kappa shape index (κ3) is 2.23. The van der Waals surface area contributed by atoms with Crippen molar-refractivity contribution in [3.05, 3.63) is 23.8 Å². The second-order valence-corrected chi connectivity index (χ2v) is 6.55. The van der Waals surface area contributed by atoms with Crippen molar-refractivity contribution in [1.29, 1.82) is 0 Å². The van der Waals surface area contributed by atoms with E-state index in [2.05, 4.69) is 5.32 Å². The fraction of sp³-hybridized carbons (Fsp3) is 0.500. The van der Waals surface area contributed by atoms with Crippen molar-refractivity contribution in [3.63, 3.8) is 0 Å². The average molecular weight is 270 g/mol. The molecule has 0 saturated heterocycles. The Kier molecular flexibility index (Phi) is 3.61. The van der Waals surface area contributed by atoms with Crippen molar-refractivity contribution in [3.8, 4) is 0 Å². The first-order valence-electron chi connectivity index (χ1n) is 5.92. The van der Waals surface area contributed by atoms with E-state index >= 15 is 0 Å². The standard InChI is InChI=1S/C12H18N2O3S/c1-9(8-15)14(2)18(16,17)11-3-4-12-10(7-11)5-6-13-12/h3-4,7,9,13,15H,5-6,8H2,1-2H3. The molecule has 1 aromatic carbocycles. The van der Waals surface area contributed by atoms with Crippen LogP contribution in [0.5, 0.6) is 0 Å². The Morgan fingerprint density at radius 2 is 2.22 bits per heavy atom. The van der Waals surface area contributed by atoms with Gasteiger partial charge < -0.3 is 10.4 Å². The third-order valence-electron chi connectivity index (χ3n) is 3.35. The topological polar surface area (TPSA) is 69.6 Å². The molecule has 1 aliphatic rings. The molecule has 0 amide bonds. The van der Waals surface area contributed by atoms with Gasteiger partial charge in [0, 0.05) is 25.3 Å². The van der Waals surface area contributed by atoms with E-state index in [-0.39, 0.29) is 11.5 Å². The molecule has 5 nitrogen and oxygen atoms in total. The SMILES string of the molecule is CC(CO)N(C)S(=O)(=O)c1ccc2c(c1)CCN2. The molecular formula is C12H18N2O3S. The average Bonchev–Trinajstić information content (AvgIpc) is 2.83. The van der Waals surface area contributed by atoms with Crippen LogP contribution >= 0.6 is 0 Å². The third-order valence-corrected chi connectivity index (χ3v) is 5.32. The molecule has 0 bridgehead atoms. The van der Waals surface area contributed by atoms with Gasteiger partial charge in [0.2, 0.25) is 10.0 Å². The van der Waals surface area contributed by atoms with E-state index in [0.29, 0.717) is 0 Å². The molecule has 0 aromatic heterocycles. The largest absolute Gasteiger partial charge is 0.395 e. The van der Waals surface area contributed by atoms with Gasteiger partial charge in [0.1, 0.15) is 0 Å². The van der Waals surface area contributed by atoms with Gasteiger partial charge in [0.05, 0.1) is 11.5 Å². The number of fused-ring (bicyclic) bond motifs is 1. The molecule has 0 radical (unpaired) electrons. The molecule has 18 heavy (non-hydrogen) atoms. The van der Waals surface area contributed by atoms with Crippen LogP contribution in [0.3, 0.4) is 0 Å². The molecule has 6 heteroatoms. The first kappa shape index (κ1) is 13.3. The molecule has 100 valence electrons. The molecule has 0 aliphatic carbocycles. The Hall–Kier alpha value is -1.11. The van der Waals surface area contributed by atoms with Gasteiger partial charge in [0.25, 0.3) is 0 Å². The fourth-order valence-corrected chi connectivity index (χ4v) is 3.36. The van der Waals surface area contributed by atoms with E-state index in [1.165, 1.54) is 11.4 Å². The highest BCUT2D eigenvalue weighted by atomic mass is 32.2. The van der Waals surface area contributed by atoms with Gasteiger partial charge >= 0.3 is 0 Å². The second kappa shape index (κ2) is 4.87. The minimum atomic E-state index is -3.53. The van der Waals surface area contributed by atoms with Gasteiger partial charge in [0.15, 0.2) is 0 Å². The minimum Gasteiger partial charge on any atom is -0.395 e. The molecule has 0 spiro atoms. The maximum atomic E-state index is 12.3. The molecule has 1 aliphatic heterocycles. The predicted octanol–water partition coefficient (Wildman–Crippen LogP) is 0.656. The summed E-state index contributed by atoms with van der Waals surface area (Å²) < 4.78 is 25.9. The van der Waals surface area contributed by atoms with Crippen molar-refractivity contribution < 1.29 is 13.5 Å². The lowest BCUT2D eigenvalue weighted by Gasteiger charge is -2.22. The molecule has 0 saturated carbocycles. The van der Waals surface area contributed by atoms with Crippen LogP contribution in [-0.2, 0) is 16.4 Å². The summed E-state index contributed by atoms with van der Waals surface area (Å²) in [6, 6.07) is 4.69. The zero-order chi connectivity index (χ0) is 13.3. The van der Waals surface area contributed by atoms with E-state index in [0.717, 1.165) is 24.2 Å². The fourth-order valence-electron chi connectivity index (χ4n) is 1.96. The van der Waals surface area contributed by atoms with Crippen molar-refractivity contribution >= 4 is 15.7 Å². The van der Waals surface area contributed by atoms with Gasteiger partial charge in [-0.25, -0.2) is 8.42 Å². The summed E-state index contributed by atoms with van der Waals surface area (Å²) in [6.45, 7) is 2.33. The minimum absolute atomic E-state index is 0.192. The Bertz CT molecular complexity index is 542. The predicted molar refractivity (Wildman–Crippen MR) is 70.1 cm³/mol. The van der Waals surface area contributed by atoms with Gasteiger partial charge in [-0.2, -0.15) is 4.31 Å². The number of rotatable bonds is 4. The van der Waals surface area contributed by atoms with Crippen molar-refractivity contribution in [2.24, 2.45) is 0 Å². The molecule has 2 N–H and O–H groups in total. The molecule has 1 unspecified atom stereocenters. The first-order chi connectivity index (χ1) is 8.46. The summed E-state index contributed by atoms with van der Waals surface area (Å²) in [5.41, 5.74) is 2.04. The summed E-state index contributed by atoms with van der Waals surface area (Å²) in [5, 5.41) is 12.2. The van der Waals surface area contributed by atoms with E-state index in [9.17, 15) is 8.42 Å². The number of hydrogen-bond acceptors (Lipinski definition) is 4. The normalized spacial score (nSPS) is 16.4. The highest BCUT2D eigenvalue weighted by Crippen LogP contribution is 2.26. The molecule has 1 atom stereocenters. The van der Waals surface area contributed by atoms with Crippen LogP contribution in [0.2, 0.25) is 0 Å². The van der Waals surface area contributed by atoms with E-state index < -0.39 is 16.1 Å². The maximum Gasteiger partial charge on any atom is 0.243 e. The number of hydrogen-bond donors (Lipinski definition) is 2. The van der Waals surface area contributed by atoms with Crippen LogP contribution < -0.4 is 5.32 Å². The smallest absolute Gasteiger partial charge is 0.243 e. The first-order valence-corrected chi connectivity index (χ1v) is 7.36. The number of aliphatic hydroxyl groups excluding tert-OH is 1. The maximum absolute atomic E-state index is 12.3. The molecular weight excluding hydrogens is 252 g/mol. The summed E-state index contributed by atoms with van der Waals surface area (Å²) in [4.78, 5) is 0.285. The van der Waals surface area contributed by atoms with Crippen LogP contribution in [0.15, 0.2) is 23.1 Å². The van der Waals surface area contributed by atoms with Gasteiger partial charge in [-0.1, -0.05) is 0 Å². The zero-order valence-electron chi connectivity index (χ0n) is 10.5. The lowest BCUT2D eigenvalue weighted by Crippen LogP contribution is -2.37. The summed E-state index contributed by atoms with van der Waals surface area (Å²) >= 11 is 0. The number of sulfonamides is 1. The molecule has 1 aromatic rings. The van der Waals surface area contributed by atoms with Crippen LogP contribution in [-0.4, -0.2) is 44.1 Å². The number of benzene rings is 1. The quantitative estimate of drug-likeness (QED) is 0.843. The van der Waals surface area contributed by atoms with Gasteiger partial charge in [-0.15, -0.1) is 0 Å². The van der Waals surface area contributed by atoms with Crippen LogP contribution in [0.25, 0.3) is 0 Å². The van der Waals surface area contributed by atoms with Crippen LogP contribution in [0.4, 0.5) is 5.69 Å². The number of nitrogens with zero attached hydrogens (tertiary/aromatic N) is 1. The Morgan fingerprint density at radius 3 is 2.89 bits per heavy atom. The van der Waals surface area contributed by atoms with E-state index in [1.807, 2.05) is 0 Å². The van der Waals surface area contributed by atoms with Crippen LogP contribution in [0.1, 0.15) is 12.5 Å². The highest BCUT2D eigenvalue weighted by Gasteiger charge is 2.26. The Morgan fingerprint density at radius 1 is 1.50 bits per heavy atom. The monoisotopic (exact) mass is 270 g/mol. The summed E-state index contributed by atoms with van der Waals surface area (Å²) in [5.74, 6) is 0. The number of nitrogens with one attached hydrogen (secondary N) is 1. The van der Waals surface area contributed by atoms with Crippen molar-refractivity contribution in [1.82, 2.24) is 4.31 Å². The summed E-state index contributed by atoms with van der Waals surface area (Å²) in [6.07, 6.45) is 0.845. The van der Waals surface area contributed by atoms with E-state index in [4.69, 9.17) is 5.11 Å². The van der Waals surface area contributed by atoms with E-state index in [1.54, 1.807) is 25.1 Å². The second-order valence-electron chi connectivity index (χ2n) is 4.55. The molecule has 2 rings (SSSR count). The number of likely N-dealkylation sites (N-methyl/N-ethyl adjacent to an activating group) is 1. The molecule has 0 fully saturated rings. The molecule has 1 heterocycles. The Balaban J connectivity index is 2.36. The van der Waals surface area contributed by atoms with Crippen molar-refractivity contribution in [2.45, 2.75) is 24.3 Å². The lowest BCUT2D eigenvalue weighted by molar-refractivity contribution is 0.214. The highest BCUT2D eigenvalue weighted by molar-refractivity contribution is 7.89. The van der Waals surface area contributed by atoms with Crippen molar-refractivity contribution in [2.75, 3.05) is 25.5 Å². The lowest BCUT2D eigenvalue weighted by atomic mass is 10.2. The zero-order valence-corrected chi connectivity index (χ0v) is 11.4. The number of anilines is 1. The Labute approximate surface area is 107 Å². The van der Waals surface area contributed by atoms with Gasteiger partial charge in [-0.05, 0) is 37.1 Å². The van der Waals surface area contributed by atoms with Crippen LogP contribution in [0, 0.1) is 0 Å². The van der Waals surface area contributed by atoms with Gasteiger partial charge in [-0.3, -0.25) is 0 Å². The summed E-state index contributed by atoms with van der Waals surface area (Å²) in [7, 11) is -2.04. The number of aliphatic hydroxyl groups is 1.